The van der Waals surface area contributed by atoms with Gasteiger partial charge in [0.2, 0.25) is 0 Å². The number of alkyl halides is 2. The average molecular weight is 247 g/mol. The summed E-state index contributed by atoms with van der Waals surface area (Å²) in [6, 6.07) is 3.27. The monoisotopic (exact) mass is 247 g/mol. The number of nitrogens with two attached hydrogens (primary N) is 1. The van der Waals surface area contributed by atoms with Crippen molar-refractivity contribution in [3.8, 4) is 11.5 Å². The van der Waals surface area contributed by atoms with Crippen LogP contribution in [0.4, 0.5) is 8.78 Å². The van der Waals surface area contributed by atoms with Gasteiger partial charge in [0.15, 0.2) is 17.0 Å². The fourth-order valence-electron chi connectivity index (χ4n) is 1.26. The Morgan fingerprint density at radius 1 is 1.35 bits per heavy atom. The van der Waals surface area contributed by atoms with E-state index in [-0.39, 0.29) is 5.56 Å². The lowest BCUT2D eigenvalue weighted by molar-refractivity contribution is -0.149. The number of phenolic OH excluding ortho intramolecular Hbond substituents is 2. The van der Waals surface area contributed by atoms with Gasteiger partial charge in [-0.1, -0.05) is 6.07 Å². The molecule has 17 heavy (non-hydrogen) atoms. The molecule has 1 aromatic rings. The second-order valence-corrected chi connectivity index (χ2v) is 3.65. The molecule has 0 aromatic heterocycles. The quantitative estimate of drug-likeness (QED) is 0.586. The second kappa shape index (κ2) is 4.54. The Hall–Kier alpha value is -1.89. The normalized spacial score (nSPS) is 14.6. The molecule has 1 rings (SSSR count). The molecular formula is C10H11F2NO4. The number of phenols is 2. The molecule has 0 bridgehead atoms. The second-order valence-electron chi connectivity index (χ2n) is 3.65. The summed E-state index contributed by atoms with van der Waals surface area (Å²) in [5, 5.41) is 26.8. The van der Waals surface area contributed by atoms with Gasteiger partial charge in [0.05, 0.1) is 0 Å². The zero-order valence-electron chi connectivity index (χ0n) is 8.60. The van der Waals surface area contributed by atoms with Crippen molar-refractivity contribution in [2.75, 3.05) is 0 Å². The third kappa shape index (κ3) is 2.62. The van der Waals surface area contributed by atoms with Crippen LogP contribution in [-0.2, 0) is 11.2 Å². The van der Waals surface area contributed by atoms with Crippen LogP contribution >= 0.6 is 0 Å². The lowest BCUT2D eigenvalue weighted by Gasteiger charge is -2.23. The van der Waals surface area contributed by atoms with Crippen LogP contribution in [0.1, 0.15) is 5.56 Å². The molecule has 0 heterocycles. The van der Waals surface area contributed by atoms with Crippen LogP contribution in [0.25, 0.3) is 0 Å². The van der Waals surface area contributed by atoms with E-state index in [1.54, 1.807) is 0 Å². The van der Waals surface area contributed by atoms with Crippen LogP contribution in [-0.4, -0.2) is 33.3 Å². The number of carboxylic acids is 1. The molecule has 1 unspecified atom stereocenters. The predicted molar refractivity (Wildman–Crippen MR) is 54.0 cm³/mol. The molecule has 1 atom stereocenters. The Labute approximate surface area is 95.1 Å². The van der Waals surface area contributed by atoms with Gasteiger partial charge in [-0.25, -0.2) is 13.6 Å². The topological polar surface area (TPSA) is 104 Å². The predicted octanol–water partition coefficient (Wildman–Crippen LogP) is 0.688. The maximum atomic E-state index is 12.6. The van der Waals surface area contributed by atoms with Gasteiger partial charge < -0.3 is 21.1 Å². The maximum Gasteiger partial charge on any atom is 0.330 e. The molecular weight excluding hydrogens is 236 g/mol. The van der Waals surface area contributed by atoms with Crippen molar-refractivity contribution in [1.82, 2.24) is 0 Å². The van der Waals surface area contributed by atoms with Crippen LogP contribution in [0.3, 0.4) is 0 Å². The Morgan fingerprint density at radius 3 is 2.35 bits per heavy atom. The summed E-state index contributed by atoms with van der Waals surface area (Å²) in [6.07, 6.45) is -3.91. The van der Waals surface area contributed by atoms with E-state index < -0.39 is 35.9 Å². The highest BCUT2D eigenvalue weighted by molar-refractivity contribution is 5.79. The van der Waals surface area contributed by atoms with Gasteiger partial charge in [-0.2, -0.15) is 0 Å². The fraction of sp³-hybridized carbons (Fsp3) is 0.300. The van der Waals surface area contributed by atoms with E-state index in [0.717, 1.165) is 12.1 Å². The number of carbonyl (C=O) groups is 1. The number of hydrogen-bond acceptors (Lipinski definition) is 4. The van der Waals surface area contributed by atoms with Gasteiger partial charge in [0.25, 0.3) is 6.43 Å². The van der Waals surface area contributed by atoms with E-state index >= 15 is 0 Å². The van der Waals surface area contributed by atoms with Crippen molar-refractivity contribution < 1.29 is 28.9 Å². The third-order valence-electron chi connectivity index (χ3n) is 2.32. The average Bonchev–Trinajstić information content (AvgIpc) is 2.22. The smallest absolute Gasteiger partial charge is 0.330 e. The lowest BCUT2D eigenvalue weighted by Crippen LogP contribution is -2.55. The first-order chi connectivity index (χ1) is 7.77. The summed E-state index contributed by atoms with van der Waals surface area (Å²) >= 11 is 0. The number of aliphatic carboxylic acids is 1. The van der Waals surface area contributed by atoms with Crippen LogP contribution in [0, 0.1) is 0 Å². The molecule has 0 amide bonds. The number of rotatable bonds is 4. The van der Waals surface area contributed by atoms with Gasteiger partial charge in [-0.05, 0) is 17.7 Å². The Bertz CT molecular complexity index is 438. The molecule has 7 heteroatoms. The first-order valence-corrected chi connectivity index (χ1v) is 4.58. The van der Waals surface area contributed by atoms with Gasteiger partial charge in [-0.15, -0.1) is 0 Å². The fourth-order valence-corrected chi connectivity index (χ4v) is 1.26. The van der Waals surface area contributed by atoms with E-state index in [2.05, 4.69) is 0 Å². The molecule has 0 saturated heterocycles. The van der Waals surface area contributed by atoms with Crippen molar-refractivity contribution >= 4 is 5.97 Å². The molecule has 0 saturated carbocycles. The highest BCUT2D eigenvalue weighted by Crippen LogP contribution is 2.27. The molecule has 94 valence electrons. The molecule has 0 aliphatic carbocycles. The largest absolute Gasteiger partial charge is 0.504 e. The first-order valence-electron chi connectivity index (χ1n) is 4.58. The number of benzene rings is 1. The minimum atomic E-state index is -3.25. The summed E-state index contributed by atoms with van der Waals surface area (Å²) in [6.45, 7) is 0. The van der Waals surface area contributed by atoms with E-state index in [4.69, 9.17) is 21.1 Å². The van der Waals surface area contributed by atoms with Crippen molar-refractivity contribution in [3.05, 3.63) is 23.8 Å². The summed E-state index contributed by atoms with van der Waals surface area (Å²) in [5.41, 5.74) is 2.48. The SMILES string of the molecule is NC(Cc1ccc(O)c(O)c1)(C(=O)O)C(F)F. The first kappa shape index (κ1) is 13.2. The lowest BCUT2D eigenvalue weighted by atomic mass is 9.92. The number of hydrogen-bond donors (Lipinski definition) is 4. The number of carboxylic acid groups (broad SMARTS) is 1. The molecule has 5 nitrogen and oxygen atoms in total. The summed E-state index contributed by atoms with van der Waals surface area (Å²) in [4.78, 5) is 10.7. The van der Waals surface area contributed by atoms with Gasteiger partial charge in [-0.3, -0.25) is 0 Å². The summed E-state index contributed by atoms with van der Waals surface area (Å²) < 4.78 is 25.2. The van der Waals surface area contributed by atoms with E-state index in [1.165, 1.54) is 6.07 Å². The van der Waals surface area contributed by atoms with Gasteiger partial charge in [0.1, 0.15) is 0 Å². The zero-order chi connectivity index (χ0) is 13.2. The van der Waals surface area contributed by atoms with Crippen LogP contribution in [0.5, 0.6) is 11.5 Å². The molecule has 0 aliphatic rings. The molecule has 0 radical (unpaired) electrons. The molecule has 5 N–H and O–H groups in total. The number of aromatic hydroxyl groups is 2. The van der Waals surface area contributed by atoms with Crippen LogP contribution in [0.2, 0.25) is 0 Å². The van der Waals surface area contributed by atoms with Gasteiger partial charge in [0, 0.05) is 6.42 Å². The standard InChI is InChI=1S/C10H11F2NO4/c11-8(12)10(13,9(16)17)4-5-1-2-6(14)7(15)3-5/h1-3,8,14-15H,4,13H2,(H,16,17). The highest BCUT2D eigenvalue weighted by Gasteiger charge is 2.44. The maximum absolute atomic E-state index is 12.6. The molecule has 0 fully saturated rings. The third-order valence-corrected chi connectivity index (χ3v) is 2.32. The molecule has 0 spiro atoms. The summed E-state index contributed by atoms with van der Waals surface area (Å²) in [7, 11) is 0. The minimum Gasteiger partial charge on any atom is -0.504 e. The van der Waals surface area contributed by atoms with Crippen molar-refractivity contribution in [2.24, 2.45) is 5.73 Å². The van der Waals surface area contributed by atoms with Crippen molar-refractivity contribution in [3.63, 3.8) is 0 Å². The Morgan fingerprint density at radius 2 is 1.94 bits per heavy atom. The van der Waals surface area contributed by atoms with E-state index in [1.807, 2.05) is 0 Å². The summed E-state index contributed by atoms with van der Waals surface area (Å²) in [5.74, 6) is -2.78. The molecule has 0 aliphatic heterocycles. The highest BCUT2D eigenvalue weighted by atomic mass is 19.3. The Kier molecular flexibility index (Phi) is 3.52. The van der Waals surface area contributed by atoms with E-state index in [0.29, 0.717) is 0 Å². The zero-order valence-corrected chi connectivity index (χ0v) is 8.60. The van der Waals surface area contributed by atoms with Crippen molar-refractivity contribution in [1.29, 1.82) is 0 Å². The van der Waals surface area contributed by atoms with Crippen molar-refractivity contribution in [2.45, 2.75) is 18.4 Å². The van der Waals surface area contributed by atoms with Crippen LogP contribution in [0.15, 0.2) is 18.2 Å². The number of halogens is 2. The minimum absolute atomic E-state index is 0.0884. The Balaban J connectivity index is 3.02. The van der Waals surface area contributed by atoms with Crippen LogP contribution < -0.4 is 5.73 Å². The molecule has 1 aromatic carbocycles. The van der Waals surface area contributed by atoms with E-state index in [9.17, 15) is 13.6 Å². The van der Waals surface area contributed by atoms with Gasteiger partial charge >= 0.3 is 5.97 Å².